The highest BCUT2D eigenvalue weighted by molar-refractivity contribution is 5.98. The van der Waals surface area contributed by atoms with Crippen LogP contribution in [0.4, 0.5) is 17.1 Å². The Balaban J connectivity index is 1.68. The fourth-order valence-corrected chi connectivity index (χ4v) is 6.18. The molecule has 218 valence electrons. The van der Waals surface area contributed by atoms with Crippen molar-refractivity contribution in [3.63, 3.8) is 0 Å². The van der Waals surface area contributed by atoms with Crippen molar-refractivity contribution in [2.45, 2.75) is 20.8 Å². The largest absolute Gasteiger partial charge is 0.309 e. The quantitative estimate of drug-likeness (QED) is 0.193. The number of nitriles is 3. The first-order valence-corrected chi connectivity index (χ1v) is 15.0. The van der Waals surface area contributed by atoms with Crippen LogP contribution in [0.2, 0.25) is 0 Å². The Morgan fingerprint density at radius 1 is 0.370 bits per heavy atom. The molecule has 0 fully saturated rings. The summed E-state index contributed by atoms with van der Waals surface area (Å²) in [5.41, 5.74) is 14.1. The van der Waals surface area contributed by atoms with Crippen molar-refractivity contribution in [1.82, 2.24) is 0 Å². The summed E-state index contributed by atoms with van der Waals surface area (Å²) >= 11 is 0. The number of hydrogen-bond donors (Lipinski definition) is 0. The van der Waals surface area contributed by atoms with Gasteiger partial charge in [-0.2, -0.15) is 15.8 Å². The molecule has 0 N–H and O–H groups in total. The van der Waals surface area contributed by atoms with Crippen LogP contribution >= 0.6 is 0 Å². The Labute approximate surface area is 270 Å². The zero-order chi connectivity index (χ0) is 32.2. The molecule has 0 aliphatic rings. The van der Waals surface area contributed by atoms with Gasteiger partial charge in [-0.25, -0.2) is 0 Å². The molecular weight excluding hydrogens is 560 g/mol. The molecule has 4 nitrogen and oxygen atoms in total. The molecule has 0 atom stereocenters. The van der Waals surface area contributed by atoms with Gasteiger partial charge in [-0.05, 0) is 109 Å². The van der Waals surface area contributed by atoms with E-state index in [9.17, 15) is 15.8 Å². The van der Waals surface area contributed by atoms with Crippen LogP contribution in [-0.4, -0.2) is 0 Å². The van der Waals surface area contributed by atoms with Crippen LogP contribution in [0.5, 0.6) is 0 Å². The van der Waals surface area contributed by atoms with Gasteiger partial charge in [0.25, 0.3) is 0 Å². The average Bonchev–Trinajstić information content (AvgIpc) is 3.09. The van der Waals surface area contributed by atoms with Crippen molar-refractivity contribution in [1.29, 1.82) is 15.8 Å². The van der Waals surface area contributed by atoms with Gasteiger partial charge in [0, 0.05) is 16.7 Å². The fraction of sp³-hybridized carbons (Fsp3) is 0.0714. The highest BCUT2D eigenvalue weighted by Gasteiger charge is 2.24. The lowest BCUT2D eigenvalue weighted by molar-refractivity contribution is 1.27. The summed E-state index contributed by atoms with van der Waals surface area (Å²) in [5, 5.41) is 28.7. The molecule has 46 heavy (non-hydrogen) atoms. The second-order valence-corrected chi connectivity index (χ2v) is 11.3. The molecule has 0 aliphatic carbocycles. The summed E-state index contributed by atoms with van der Waals surface area (Å²) in [6.45, 7) is 6.12. The lowest BCUT2D eigenvalue weighted by Gasteiger charge is -2.32. The van der Waals surface area contributed by atoms with Gasteiger partial charge in [-0.1, -0.05) is 72.8 Å². The number of anilines is 3. The lowest BCUT2D eigenvalue weighted by atomic mass is 9.92. The predicted molar refractivity (Wildman–Crippen MR) is 186 cm³/mol. The first kappa shape index (κ1) is 29.7. The van der Waals surface area contributed by atoms with E-state index in [4.69, 9.17) is 0 Å². The number of aryl methyl sites for hydroxylation is 3. The number of nitrogens with zero attached hydrogens (tertiary/aromatic N) is 4. The van der Waals surface area contributed by atoms with E-state index in [1.165, 1.54) is 0 Å². The molecule has 0 radical (unpaired) electrons. The van der Waals surface area contributed by atoms with Crippen molar-refractivity contribution >= 4 is 17.1 Å². The van der Waals surface area contributed by atoms with Crippen LogP contribution in [-0.2, 0) is 0 Å². The van der Waals surface area contributed by atoms with Gasteiger partial charge in [-0.3, -0.25) is 0 Å². The molecule has 0 saturated carbocycles. The van der Waals surface area contributed by atoms with Crippen LogP contribution in [0.15, 0.2) is 127 Å². The van der Waals surface area contributed by atoms with E-state index in [-0.39, 0.29) is 0 Å². The van der Waals surface area contributed by atoms with E-state index in [1.54, 1.807) is 0 Å². The summed E-state index contributed by atoms with van der Waals surface area (Å²) in [7, 11) is 0. The van der Waals surface area contributed by atoms with Crippen LogP contribution < -0.4 is 4.90 Å². The maximum Gasteiger partial charge on any atom is 0.0991 e. The van der Waals surface area contributed by atoms with Crippen LogP contribution in [0.3, 0.4) is 0 Å². The fourth-order valence-electron chi connectivity index (χ4n) is 6.18. The van der Waals surface area contributed by atoms with Crippen molar-refractivity contribution in [2.75, 3.05) is 4.90 Å². The lowest BCUT2D eigenvalue weighted by Crippen LogP contribution is -2.14. The summed E-state index contributed by atoms with van der Waals surface area (Å²) in [5.74, 6) is 0. The SMILES string of the molecule is Cc1cc(C#N)ccc1-c1ccccc1N(c1ccccc1-c1ccc(C#N)cc1C)c1ccccc1-c1ccc(C#N)cc1C. The summed E-state index contributed by atoms with van der Waals surface area (Å²) in [6, 6.07) is 49.3. The smallest absolute Gasteiger partial charge is 0.0991 e. The summed E-state index contributed by atoms with van der Waals surface area (Å²) < 4.78 is 0. The maximum atomic E-state index is 9.56. The zero-order valence-electron chi connectivity index (χ0n) is 25.9. The van der Waals surface area contributed by atoms with Crippen LogP contribution in [0.1, 0.15) is 33.4 Å². The average molecular weight is 591 g/mol. The number of hydrogen-bond acceptors (Lipinski definition) is 4. The Kier molecular flexibility index (Phi) is 8.17. The monoisotopic (exact) mass is 590 g/mol. The second-order valence-electron chi connectivity index (χ2n) is 11.3. The first-order chi connectivity index (χ1) is 22.4. The molecule has 0 saturated heterocycles. The van der Waals surface area contributed by atoms with Crippen molar-refractivity contribution in [3.8, 4) is 51.6 Å². The van der Waals surface area contributed by atoms with Gasteiger partial charge < -0.3 is 4.90 Å². The first-order valence-electron chi connectivity index (χ1n) is 15.0. The molecule has 0 spiro atoms. The molecule has 6 aromatic carbocycles. The third-order valence-corrected chi connectivity index (χ3v) is 8.37. The summed E-state index contributed by atoms with van der Waals surface area (Å²) in [4.78, 5) is 2.31. The topological polar surface area (TPSA) is 74.6 Å². The van der Waals surface area contributed by atoms with Gasteiger partial charge in [0.15, 0.2) is 0 Å². The highest BCUT2D eigenvalue weighted by Crippen LogP contribution is 2.48. The molecular formula is C42H30N4. The molecule has 0 bridgehead atoms. The Morgan fingerprint density at radius 2 is 0.652 bits per heavy atom. The normalized spacial score (nSPS) is 10.4. The Morgan fingerprint density at radius 3 is 0.913 bits per heavy atom. The van der Waals surface area contributed by atoms with Crippen molar-refractivity contribution in [3.05, 3.63) is 161 Å². The number of benzene rings is 6. The van der Waals surface area contributed by atoms with Crippen molar-refractivity contribution in [2.24, 2.45) is 0 Å². The Hall–Kier alpha value is -6.41. The van der Waals surface area contributed by atoms with Crippen LogP contribution in [0, 0.1) is 54.8 Å². The molecule has 4 heteroatoms. The Bertz CT molecular complexity index is 1990. The minimum absolute atomic E-state index is 0.624. The minimum atomic E-state index is 0.624. The molecule has 0 aromatic heterocycles. The van der Waals surface area contributed by atoms with E-state index in [0.717, 1.165) is 67.1 Å². The molecule has 0 heterocycles. The van der Waals surface area contributed by atoms with Gasteiger partial charge in [-0.15, -0.1) is 0 Å². The molecule has 6 aromatic rings. The standard InChI is InChI=1S/C42H30N4/c1-28-22-31(25-43)16-19-34(28)37-10-4-7-13-40(37)46(41-14-8-5-11-38(41)35-20-17-32(26-44)23-29(35)2)42-15-9-6-12-39(42)36-21-18-33(27-45)24-30(36)3/h4-24H,1-3H3. The van der Waals surface area contributed by atoms with E-state index in [0.29, 0.717) is 16.7 Å². The van der Waals surface area contributed by atoms with Gasteiger partial charge in [0.05, 0.1) is 52.0 Å². The van der Waals surface area contributed by atoms with E-state index >= 15 is 0 Å². The second kappa shape index (κ2) is 12.7. The van der Waals surface area contributed by atoms with E-state index < -0.39 is 0 Å². The van der Waals surface area contributed by atoms with Gasteiger partial charge in [0.2, 0.25) is 0 Å². The molecule has 0 aliphatic heterocycles. The number of para-hydroxylation sites is 3. The van der Waals surface area contributed by atoms with E-state index in [1.807, 2.05) is 93.6 Å². The molecule has 0 amide bonds. The maximum absolute atomic E-state index is 9.56. The predicted octanol–water partition coefficient (Wildman–Crippen LogP) is 10.7. The molecule has 6 rings (SSSR count). The zero-order valence-corrected chi connectivity index (χ0v) is 25.9. The third kappa shape index (κ3) is 5.51. The van der Waals surface area contributed by atoms with Gasteiger partial charge >= 0.3 is 0 Å². The number of rotatable bonds is 6. The molecule has 0 unspecified atom stereocenters. The minimum Gasteiger partial charge on any atom is -0.309 e. The summed E-state index contributed by atoms with van der Waals surface area (Å²) in [6.07, 6.45) is 0. The van der Waals surface area contributed by atoms with Crippen molar-refractivity contribution < 1.29 is 0 Å². The highest BCUT2D eigenvalue weighted by atomic mass is 15.1. The van der Waals surface area contributed by atoms with E-state index in [2.05, 4.69) is 77.7 Å². The third-order valence-electron chi connectivity index (χ3n) is 8.37. The van der Waals surface area contributed by atoms with Crippen LogP contribution in [0.25, 0.3) is 33.4 Å². The van der Waals surface area contributed by atoms with Gasteiger partial charge in [0.1, 0.15) is 0 Å².